The minimum Gasteiger partial charge on any atom is -0.480 e. The van der Waals surface area contributed by atoms with Crippen LogP contribution < -0.4 is 0 Å². The van der Waals surface area contributed by atoms with Gasteiger partial charge in [0.1, 0.15) is 0 Å². The van der Waals surface area contributed by atoms with Crippen LogP contribution in [-0.2, 0) is 4.79 Å². The topological polar surface area (TPSA) is 65.8 Å². The van der Waals surface area contributed by atoms with Gasteiger partial charge in [-0.2, -0.15) is 0 Å². The predicted molar refractivity (Wildman–Crippen MR) is 96.0 cm³/mol. The smallest absolute Gasteiger partial charge is 0.317 e. The molecular weight excluding hydrogens is 318 g/mol. The highest BCUT2D eigenvalue weighted by Gasteiger charge is 2.30. The van der Waals surface area contributed by atoms with E-state index in [0.29, 0.717) is 12.6 Å². The summed E-state index contributed by atoms with van der Waals surface area (Å²) in [6, 6.07) is 2.85. The van der Waals surface area contributed by atoms with Crippen molar-refractivity contribution >= 4 is 11.9 Å². The van der Waals surface area contributed by atoms with E-state index >= 15 is 0 Å². The summed E-state index contributed by atoms with van der Waals surface area (Å²) in [7, 11) is 1.86. The van der Waals surface area contributed by atoms with Gasteiger partial charge in [-0.15, -0.1) is 0 Å². The third kappa shape index (κ3) is 3.89. The minimum atomic E-state index is -0.799. The average Bonchev–Trinajstić information content (AvgIpc) is 3.34. The van der Waals surface area contributed by atoms with Gasteiger partial charge in [0.25, 0.3) is 5.91 Å². The minimum absolute atomic E-state index is 0.0567. The number of aromatic nitrogens is 1. The molecule has 0 aromatic carbocycles. The number of carbonyl (C=O) groups excluding carboxylic acids is 1. The van der Waals surface area contributed by atoms with Gasteiger partial charge in [0.05, 0.1) is 12.1 Å². The zero-order valence-corrected chi connectivity index (χ0v) is 15.5. The molecule has 0 bridgehead atoms. The van der Waals surface area contributed by atoms with Crippen molar-refractivity contribution in [1.82, 2.24) is 14.4 Å². The van der Waals surface area contributed by atoms with E-state index in [0.717, 1.165) is 37.1 Å². The second kappa shape index (κ2) is 7.20. The van der Waals surface area contributed by atoms with Crippen LogP contribution in [0.25, 0.3) is 0 Å². The summed E-state index contributed by atoms with van der Waals surface area (Å²) in [6.07, 6.45) is 5.11. The number of hydrogen-bond donors (Lipinski definition) is 1. The van der Waals surface area contributed by atoms with Crippen LogP contribution in [0.4, 0.5) is 0 Å². The molecule has 3 rings (SSSR count). The van der Waals surface area contributed by atoms with Crippen LogP contribution >= 0.6 is 0 Å². The molecule has 2 fully saturated rings. The Bertz CT molecular complexity index is 663. The molecule has 1 amide bonds. The zero-order valence-electron chi connectivity index (χ0n) is 15.5. The number of aryl methyl sites for hydroxylation is 1. The average molecular weight is 347 g/mol. The highest BCUT2D eigenvalue weighted by molar-refractivity contribution is 5.95. The lowest BCUT2D eigenvalue weighted by atomic mass is 10.1. The van der Waals surface area contributed by atoms with E-state index in [-0.39, 0.29) is 18.5 Å². The van der Waals surface area contributed by atoms with Crippen molar-refractivity contribution in [3.05, 3.63) is 23.0 Å². The first-order valence-corrected chi connectivity index (χ1v) is 9.28. The molecule has 1 aliphatic heterocycles. The predicted octanol–water partition coefficient (Wildman–Crippen LogP) is 2.45. The number of likely N-dealkylation sites (N-methyl/N-ethyl adjacent to an activating group) is 1. The molecule has 1 saturated carbocycles. The Labute approximate surface area is 149 Å². The van der Waals surface area contributed by atoms with E-state index in [2.05, 4.69) is 18.4 Å². The molecule has 1 saturated heterocycles. The number of aliphatic carboxylic acids is 1. The maximum atomic E-state index is 13.0. The van der Waals surface area contributed by atoms with Gasteiger partial charge < -0.3 is 14.6 Å². The second-order valence-electron chi connectivity index (χ2n) is 7.57. The van der Waals surface area contributed by atoms with Gasteiger partial charge in [-0.3, -0.25) is 14.5 Å². The molecule has 0 unspecified atom stereocenters. The second-order valence-corrected chi connectivity index (χ2v) is 7.57. The molecule has 0 spiro atoms. The van der Waals surface area contributed by atoms with Crippen molar-refractivity contribution in [3.63, 3.8) is 0 Å². The van der Waals surface area contributed by atoms with Gasteiger partial charge in [-0.05, 0) is 59.1 Å². The van der Waals surface area contributed by atoms with Crippen molar-refractivity contribution in [3.8, 4) is 0 Å². The number of rotatable bonds is 5. The van der Waals surface area contributed by atoms with E-state index in [1.54, 1.807) is 0 Å². The number of likely N-dealkylation sites (tertiary alicyclic amines) is 1. The first kappa shape index (κ1) is 18.0. The van der Waals surface area contributed by atoms with Crippen LogP contribution in [0.5, 0.6) is 0 Å². The van der Waals surface area contributed by atoms with Gasteiger partial charge in [-0.1, -0.05) is 0 Å². The van der Waals surface area contributed by atoms with Crippen LogP contribution in [0.1, 0.15) is 59.9 Å². The Hall–Kier alpha value is -1.82. The maximum absolute atomic E-state index is 13.0. The fourth-order valence-electron chi connectivity index (χ4n) is 4.12. The molecule has 6 heteroatoms. The Morgan fingerprint density at radius 1 is 1.20 bits per heavy atom. The third-order valence-electron chi connectivity index (χ3n) is 5.62. The van der Waals surface area contributed by atoms with E-state index in [1.807, 2.05) is 22.9 Å². The number of hydrogen-bond acceptors (Lipinski definition) is 3. The van der Waals surface area contributed by atoms with Gasteiger partial charge in [0.15, 0.2) is 0 Å². The van der Waals surface area contributed by atoms with Crippen molar-refractivity contribution in [1.29, 1.82) is 0 Å². The molecule has 6 nitrogen and oxygen atoms in total. The van der Waals surface area contributed by atoms with Gasteiger partial charge in [-0.25, -0.2) is 0 Å². The molecule has 138 valence electrons. The van der Waals surface area contributed by atoms with Crippen molar-refractivity contribution < 1.29 is 14.7 Å². The molecular formula is C19H29N3O3. The Kier molecular flexibility index (Phi) is 5.18. The molecule has 0 radical (unpaired) electrons. The lowest BCUT2D eigenvalue weighted by Crippen LogP contribution is -2.37. The molecule has 2 heterocycles. The summed E-state index contributed by atoms with van der Waals surface area (Å²) in [5.41, 5.74) is 3.10. The first-order chi connectivity index (χ1) is 11.9. The summed E-state index contributed by atoms with van der Waals surface area (Å²) in [5, 5.41) is 8.97. The van der Waals surface area contributed by atoms with Crippen molar-refractivity contribution in [2.75, 3.05) is 26.7 Å². The summed E-state index contributed by atoms with van der Waals surface area (Å²) < 4.78 is 2.31. The maximum Gasteiger partial charge on any atom is 0.317 e. The Balaban J connectivity index is 1.67. The Morgan fingerprint density at radius 2 is 1.92 bits per heavy atom. The number of amides is 1. The monoisotopic (exact) mass is 347 g/mol. The lowest BCUT2D eigenvalue weighted by molar-refractivity contribution is -0.138. The largest absolute Gasteiger partial charge is 0.480 e. The lowest BCUT2D eigenvalue weighted by Gasteiger charge is -2.25. The zero-order chi connectivity index (χ0) is 18.1. The van der Waals surface area contributed by atoms with Crippen LogP contribution in [0.3, 0.4) is 0 Å². The molecule has 25 heavy (non-hydrogen) atoms. The van der Waals surface area contributed by atoms with Crippen molar-refractivity contribution in [2.45, 2.75) is 58.0 Å². The SMILES string of the molecule is Cc1cc(C(=O)N2CCC[C@H](N(C)CC(=O)O)CC2)c(C)n1C1CC1. The summed E-state index contributed by atoms with van der Waals surface area (Å²) in [5.74, 6) is -0.672. The van der Waals surface area contributed by atoms with Crippen molar-refractivity contribution in [2.24, 2.45) is 0 Å². The fraction of sp³-hybridized carbons (Fsp3) is 0.684. The first-order valence-electron chi connectivity index (χ1n) is 9.28. The van der Waals surface area contributed by atoms with Crippen LogP contribution in [0.15, 0.2) is 6.07 Å². The number of nitrogens with zero attached hydrogens (tertiary/aromatic N) is 3. The standard InChI is InChI=1S/C19H29N3O3/c1-13-11-17(14(2)22(13)16-6-7-16)19(25)21-9-4-5-15(8-10-21)20(3)12-18(23)24/h11,15-16H,4-10,12H2,1-3H3,(H,23,24)/t15-/m0/s1. The van der Waals surface area contributed by atoms with E-state index in [1.165, 1.54) is 18.5 Å². The highest BCUT2D eigenvalue weighted by Crippen LogP contribution is 2.38. The van der Waals surface area contributed by atoms with E-state index in [9.17, 15) is 9.59 Å². The van der Waals surface area contributed by atoms with Crippen LogP contribution in [-0.4, -0.2) is 64.1 Å². The van der Waals surface area contributed by atoms with Gasteiger partial charge in [0, 0.05) is 36.6 Å². The highest BCUT2D eigenvalue weighted by atomic mass is 16.4. The molecule has 2 aliphatic rings. The normalized spacial score (nSPS) is 21.4. The third-order valence-corrected chi connectivity index (χ3v) is 5.62. The summed E-state index contributed by atoms with van der Waals surface area (Å²) in [6.45, 7) is 5.65. The van der Waals surface area contributed by atoms with E-state index < -0.39 is 5.97 Å². The summed E-state index contributed by atoms with van der Waals surface area (Å²) in [4.78, 5) is 27.8. The molecule has 1 atom stereocenters. The molecule has 1 aromatic heterocycles. The van der Waals surface area contributed by atoms with Crippen LogP contribution in [0, 0.1) is 13.8 Å². The number of carboxylic acid groups (broad SMARTS) is 1. The molecule has 1 aliphatic carbocycles. The van der Waals surface area contributed by atoms with Gasteiger partial charge in [0.2, 0.25) is 0 Å². The molecule has 1 N–H and O–H groups in total. The van der Waals surface area contributed by atoms with E-state index in [4.69, 9.17) is 5.11 Å². The molecule has 1 aromatic rings. The van der Waals surface area contributed by atoms with Gasteiger partial charge >= 0.3 is 5.97 Å². The fourth-order valence-corrected chi connectivity index (χ4v) is 4.12. The number of carbonyl (C=O) groups is 2. The quantitative estimate of drug-likeness (QED) is 0.888. The Morgan fingerprint density at radius 3 is 2.56 bits per heavy atom. The summed E-state index contributed by atoms with van der Waals surface area (Å²) >= 11 is 0. The van der Waals surface area contributed by atoms with Crippen LogP contribution in [0.2, 0.25) is 0 Å². The number of carboxylic acids is 1.